The predicted molar refractivity (Wildman–Crippen MR) is 98.5 cm³/mol. The van der Waals surface area contributed by atoms with Crippen molar-refractivity contribution in [2.75, 3.05) is 0 Å². The zero-order valence-electron chi connectivity index (χ0n) is 14.0. The monoisotopic (exact) mass is 340 g/mol. The van der Waals surface area contributed by atoms with Crippen LogP contribution in [0.3, 0.4) is 0 Å². The molecular formula is C23H16O3. The van der Waals surface area contributed by atoms with E-state index in [1.807, 2.05) is 72.8 Å². The van der Waals surface area contributed by atoms with Gasteiger partial charge in [0.15, 0.2) is 6.10 Å². The van der Waals surface area contributed by atoms with Crippen LogP contribution in [0, 0.1) is 0 Å². The fraction of sp³-hybridized carbons (Fsp3) is 0.0870. The first-order chi connectivity index (χ1) is 12.7. The fourth-order valence-electron chi connectivity index (χ4n) is 3.74. The molecular weight excluding hydrogens is 324 g/mol. The van der Waals surface area contributed by atoms with Gasteiger partial charge in [-0.1, -0.05) is 67.2 Å². The molecule has 0 aliphatic carbocycles. The maximum Gasteiger partial charge on any atom is 0.339 e. The van der Waals surface area contributed by atoms with Crippen molar-refractivity contribution < 1.29 is 14.3 Å². The number of carbonyl (C=O) groups excluding carboxylic acids is 1. The topological polar surface area (TPSA) is 35.5 Å². The summed E-state index contributed by atoms with van der Waals surface area (Å²) in [5.74, 6) is 0.292. The highest BCUT2D eigenvalue weighted by Gasteiger charge is 2.37. The Kier molecular flexibility index (Phi) is 3.22. The summed E-state index contributed by atoms with van der Waals surface area (Å²) in [6.07, 6.45) is -0.592. The van der Waals surface area contributed by atoms with Gasteiger partial charge in [-0.15, -0.1) is 0 Å². The second-order valence-corrected chi connectivity index (χ2v) is 6.55. The minimum absolute atomic E-state index is 0.212. The molecule has 2 heterocycles. The molecule has 2 aliphatic heterocycles. The highest BCUT2D eigenvalue weighted by Crippen LogP contribution is 2.46. The first-order valence-electron chi connectivity index (χ1n) is 8.57. The predicted octanol–water partition coefficient (Wildman–Crippen LogP) is 5.04. The van der Waals surface area contributed by atoms with E-state index in [4.69, 9.17) is 9.47 Å². The van der Waals surface area contributed by atoms with Crippen LogP contribution in [0.4, 0.5) is 0 Å². The van der Waals surface area contributed by atoms with Crippen LogP contribution in [0.2, 0.25) is 0 Å². The van der Waals surface area contributed by atoms with Crippen LogP contribution in [0.25, 0.3) is 5.76 Å². The summed E-state index contributed by atoms with van der Waals surface area (Å²) in [4.78, 5) is 12.4. The molecule has 0 amide bonds. The summed E-state index contributed by atoms with van der Waals surface area (Å²) >= 11 is 0. The van der Waals surface area contributed by atoms with Crippen molar-refractivity contribution in [1.29, 1.82) is 0 Å². The first-order valence-corrected chi connectivity index (χ1v) is 8.57. The average molecular weight is 340 g/mol. The minimum Gasteiger partial charge on any atom is -0.481 e. The van der Waals surface area contributed by atoms with Gasteiger partial charge >= 0.3 is 5.97 Å². The summed E-state index contributed by atoms with van der Waals surface area (Å²) < 4.78 is 11.7. The van der Waals surface area contributed by atoms with Crippen molar-refractivity contribution in [1.82, 2.24) is 0 Å². The Labute approximate surface area is 151 Å². The highest BCUT2D eigenvalue weighted by molar-refractivity contribution is 5.96. The van der Waals surface area contributed by atoms with Gasteiger partial charge in [-0.2, -0.15) is 0 Å². The quantitative estimate of drug-likeness (QED) is 0.613. The van der Waals surface area contributed by atoms with Crippen LogP contribution in [0.15, 0.2) is 79.4 Å². The fourth-order valence-corrected chi connectivity index (χ4v) is 3.74. The zero-order valence-corrected chi connectivity index (χ0v) is 14.0. The standard InChI is InChI=1S/C23H16O3/c1-14-17-12-20-19(22(26-23(20)24)16-10-6-3-7-11-16)13-18(17)21(25-14)15-8-4-2-5-9-15/h2-13,21-22H,1H2. The third-order valence-electron chi connectivity index (χ3n) is 5.00. The molecule has 2 unspecified atom stereocenters. The smallest absolute Gasteiger partial charge is 0.339 e. The van der Waals surface area contributed by atoms with Crippen molar-refractivity contribution in [2.45, 2.75) is 12.2 Å². The van der Waals surface area contributed by atoms with Gasteiger partial charge in [0, 0.05) is 16.7 Å². The van der Waals surface area contributed by atoms with Gasteiger partial charge < -0.3 is 9.47 Å². The maximum atomic E-state index is 12.4. The molecule has 0 saturated heterocycles. The number of cyclic esters (lactones) is 1. The van der Waals surface area contributed by atoms with Crippen molar-refractivity contribution >= 4 is 11.7 Å². The van der Waals surface area contributed by atoms with Crippen molar-refractivity contribution in [2.24, 2.45) is 0 Å². The van der Waals surface area contributed by atoms with Gasteiger partial charge in [-0.25, -0.2) is 4.79 Å². The Bertz CT molecular complexity index is 941. The number of carbonyl (C=O) groups is 1. The number of ether oxygens (including phenoxy) is 2. The van der Waals surface area contributed by atoms with E-state index in [0.29, 0.717) is 11.3 Å². The average Bonchev–Trinajstić information content (AvgIpc) is 3.19. The van der Waals surface area contributed by atoms with Crippen LogP contribution in [0.1, 0.15) is 50.4 Å². The molecule has 0 saturated carbocycles. The number of fused-ring (bicyclic) bond motifs is 2. The zero-order chi connectivity index (χ0) is 17.7. The van der Waals surface area contributed by atoms with E-state index < -0.39 is 0 Å². The van der Waals surface area contributed by atoms with Crippen LogP contribution >= 0.6 is 0 Å². The molecule has 5 rings (SSSR count). The lowest BCUT2D eigenvalue weighted by atomic mass is 9.91. The van der Waals surface area contributed by atoms with Crippen molar-refractivity contribution in [3.05, 3.63) is 113 Å². The molecule has 3 heteroatoms. The Morgan fingerprint density at radius 2 is 1.23 bits per heavy atom. The lowest BCUT2D eigenvalue weighted by Gasteiger charge is -2.14. The van der Waals surface area contributed by atoms with E-state index in [2.05, 4.69) is 6.58 Å². The molecule has 0 radical (unpaired) electrons. The highest BCUT2D eigenvalue weighted by atomic mass is 16.5. The molecule has 0 aromatic heterocycles. The number of rotatable bonds is 2. The van der Waals surface area contributed by atoms with Crippen LogP contribution in [-0.4, -0.2) is 5.97 Å². The van der Waals surface area contributed by atoms with Crippen LogP contribution < -0.4 is 0 Å². The minimum atomic E-state index is -0.380. The number of benzene rings is 3. The molecule has 126 valence electrons. The molecule has 0 bridgehead atoms. The second kappa shape index (κ2) is 5.60. The van der Waals surface area contributed by atoms with E-state index in [1.165, 1.54) is 0 Å². The van der Waals surface area contributed by atoms with E-state index in [1.54, 1.807) is 0 Å². The molecule has 3 nitrogen and oxygen atoms in total. The van der Waals surface area contributed by atoms with Crippen molar-refractivity contribution in [3.63, 3.8) is 0 Å². The Morgan fingerprint density at radius 1 is 0.692 bits per heavy atom. The molecule has 3 aromatic rings. The molecule has 26 heavy (non-hydrogen) atoms. The van der Waals surface area contributed by atoms with Gasteiger partial charge in [-0.05, 0) is 23.3 Å². The SMILES string of the molecule is C=C1OC(c2ccccc2)c2cc3c(cc21)C(=O)OC3c1ccccc1. The van der Waals surface area contributed by atoms with E-state index >= 15 is 0 Å². The Balaban J connectivity index is 1.66. The largest absolute Gasteiger partial charge is 0.481 e. The van der Waals surface area contributed by atoms with Gasteiger partial charge in [0.1, 0.15) is 11.9 Å². The van der Waals surface area contributed by atoms with Gasteiger partial charge in [0.05, 0.1) is 5.56 Å². The summed E-state index contributed by atoms with van der Waals surface area (Å²) in [5.41, 5.74) is 5.42. The first kappa shape index (κ1) is 15.0. The number of esters is 1. The Hall–Kier alpha value is -3.33. The number of hydrogen-bond acceptors (Lipinski definition) is 3. The van der Waals surface area contributed by atoms with Crippen LogP contribution in [-0.2, 0) is 9.47 Å². The lowest BCUT2D eigenvalue weighted by Crippen LogP contribution is -2.02. The maximum absolute atomic E-state index is 12.4. The Morgan fingerprint density at radius 3 is 1.85 bits per heavy atom. The van der Waals surface area contributed by atoms with E-state index in [-0.39, 0.29) is 18.2 Å². The van der Waals surface area contributed by atoms with Gasteiger partial charge in [0.25, 0.3) is 0 Å². The number of hydrogen-bond donors (Lipinski definition) is 0. The molecule has 0 N–H and O–H groups in total. The molecule has 0 spiro atoms. The van der Waals surface area contributed by atoms with Crippen LogP contribution in [0.5, 0.6) is 0 Å². The lowest BCUT2D eigenvalue weighted by molar-refractivity contribution is 0.0455. The second-order valence-electron chi connectivity index (χ2n) is 6.55. The third-order valence-corrected chi connectivity index (χ3v) is 5.00. The summed E-state index contributed by atoms with van der Waals surface area (Å²) in [6, 6.07) is 23.8. The van der Waals surface area contributed by atoms with Gasteiger partial charge in [-0.3, -0.25) is 0 Å². The van der Waals surface area contributed by atoms with Gasteiger partial charge in [0.2, 0.25) is 0 Å². The third kappa shape index (κ3) is 2.17. The molecule has 2 atom stereocenters. The molecule has 0 fully saturated rings. The summed E-state index contributed by atoms with van der Waals surface area (Å²) in [6.45, 7) is 4.02. The van der Waals surface area contributed by atoms with Crippen molar-refractivity contribution in [3.8, 4) is 0 Å². The summed E-state index contributed by atoms with van der Waals surface area (Å²) in [7, 11) is 0. The molecule has 2 aliphatic rings. The van der Waals surface area contributed by atoms with E-state index in [9.17, 15) is 4.79 Å². The normalized spacial score (nSPS) is 20.3. The van der Waals surface area contributed by atoms with E-state index in [0.717, 1.165) is 27.8 Å². The molecule has 3 aromatic carbocycles. The summed E-state index contributed by atoms with van der Waals surface area (Å²) in [5, 5.41) is 0.